The van der Waals surface area contributed by atoms with Crippen LogP contribution in [0, 0.1) is 11.7 Å². The summed E-state index contributed by atoms with van der Waals surface area (Å²) in [4.78, 5) is 0. The molecule has 0 heterocycles. The largest absolute Gasteiger partial charge is 0.207 e. The van der Waals surface area contributed by atoms with E-state index in [1.165, 1.54) is 31.2 Å². The van der Waals surface area contributed by atoms with Crippen LogP contribution < -0.4 is 0 Å². The smallest absolute Gasteiger partial charge is 0.127 e. The predicted molar refractivity (Wildman–Crippen MR) is 106 cm³/mol. The Hall–Kier alpha value is -1.60. The van der Waals surface area contributed by atoms with Crippen LogP contribution in [-0.2, 0) is 6.42 Å². The van der Waals surface area contributed by atoms with Crippen molar-refractivity contribution in [2.45, 2.75) is 51.4 Å². The molecule has 2 aromatic rings. The zero-order valence-electron chi connectivity index (χ0n) is 14.8. The van der Waals surface area contributed by atoms with Gasteiger partial charge in [-0.25, -0.2) is 4.39 Å². The van der Waals surface area contributed by atoms with Crippen molar-refractivity contribution in [2.24, 2.45) is 5.92 Å². The van der Waals surface area contributed by atoms with Crippen LogP contribution in [0.1, 0.15) is 56.1 Å². The summed E-state index contributed by atoms with van der Waals surface area (Å²) in [7, 11) is 0. The summed E-state index contributed by atoms with van der Waals surface area (Å²) in [6.45, 7) is 2.07. The average molecular weight is 357 g/mol. The number of halogens is 2. The zero-order valence-corrected chi connectivity index (χ0v) is 15.6. The van der Waals surface area contributed by atoms with Gasteiger partial charge in [-0.3, -0.25) is 0 Å². The predicted octanol–water partition coefficient (Wildman–Crippen LogP) is 7.47. The highest BCUT2D eigenvalue weighted by atomic mass is 35.5. The first-order chi connectivity index (χ1) is 12.2. The van der Waals surface area contributed by atoms with Gasteiger partial charge in [0.15, 0.2) is 0 Å². The maximum Gasteiger partial charge on any atom is 0.127 e. The molecule has 2 heteroatoms. The fourth-order valence-corrected chi connectivity index (χ4v) is 4.10. The third-order valence-electron chi connectivity index (χ3n) is 5.40. The highest BCUT2D eigenvalue weighted by molar-refractivity contribution is 6.25. The van der Waals surface area contributed by atoms with Gasteiger partial charge in [0.05, 0.1) is 0 Å². The lowest BCUT2D eigenvalue weighted by atomic mass is 9.78. The van der Waals surface area contributed by atoms with Crippen molar-refractivity contribution in [1.82, 2.24) is 0 Å². The molecule has 0 radical (unpaired) electrons. The second-order valence-corrected chi connectivity index (χ2v) is 7.36. The molecule has 25 heavy (non-hydrogen) atoms. The van der Waals surface area contributed by atoms with E-state index >= 15 is 0 Å². The Balaban J connectivity index is 1.69. The first-order valence-corrected chi connectivity index (χ1v) is 9.80. The van der Waals surface area contributed by atoms with Crippen LogP contribution in [0.2, 0.25) is 0 Å². The van der Waals surface area contributed by atoms with Gasteiger partial charge in [0.25, 0.3) is 0 Å². The molecule has 1 aliphatic rings. The van der Waals surface area contributed by atoms with Gasteiger partial charge < -0.3 is 0 Å². The van der Waals surface area contributed by atoms with Crippen molar-refractivity contribution in [3.8, 4) is 11.1 Å². The molecular formula is C23H26ClF. The van der Waals surface area contributed by atoms with E-state index in [0.29, 0.717) is 11.8 Å². The van der Waals surface area contributed by atoms with Crippen LogP contribution in [-0.4, -0.2) is 0 Å². The second-order valence-electron chi connectivity index (χ2n) is 7.11. The molecule has 0 saturated heterocycles. The number of allylic oxidation sites excluding steroid dienone is 1. The van der Waals surface area contributed by atoms with Gasteiger partial charge in [-0.2, -0.15) is 0 Å². The zero-order chi connectivity index (χ0) is 17.6. The summed E-state index contributed by atoms with van der Waals surface area (Å²) in [5.74, 6) is 1.18. The maximum atomic E-state index is 14.2. The Kier molecular flexibility index (Phi) is 6.31. The van der Waals surface area contributed by atoms with E-state index < -0.39 is 0 Å². The van der Waals surface area contributed by atoms with Crippen LogP contribution in [0.4, 0.5) is 4.39 Å². The summed E-state index contributed by atoms with van der Waals surface area (Å²) in [5.41, 5.74) is 5.92. The van der Waals surface area contributed by atoms with Gasteiger partial charge in [-0.15, -0.1) is 0 Å². The average Bonchev–Trinajstić information content (AvgIpc) is 2.65. The van der Waals surface area contributed by atoms with E-state index in [1.807, 2.05) is 12.1 Å². The molecule has 0 atom stereocenters. The summed E-state index contributed by atoms with van der Waals surface area (Å²) >= 11 is 5.69. The second kappa shape index (κ2) is 8.67. The van der Waals surface area contributed by atoms with E-state index in [2.05, 4.69) is 37.3 Å². The molecule has 0 unspecified atom stereocenters. The summed E-state index contributed by atoms with van der Waals surface area (Å²) in [5, 5.41) is 0. The van der Waals surface area contributed by atoms with Gasteiger partial charge in [-0.05, 0) is 72.3 Å². The van der Waals surface area contributed by atoms with Crippen LogP contribution >= 0.6 is 11.6 Å². The van der Waals surface area contributed by atoms with Crippen molar-refractivity contribution in [3.63, 3.8) is 0 Å². The topological polar surface area (TPSA) is 0 Å². The molecule has 0 N–H and O–H groups in total. The molecule has 0 amide bonds. The lowest BCUT2D eigenvalue weighted by molar-refractivity contribution is 0.376. The van der Waals surface area contributed by atoms with Gasteiger partial charge in [0.1, 0.15) is 5.82 Å². The Morgan fingerprint density at radius 1 is 1.00 bits per heavy atom. The molecule has 1 saturated carbocycles. The molecule has 0 nitrogen and oxygen atoms in total. The summed E-state index contributed by atoms with van der Waals surface area (Å²) in [6, 6.07) is 14.3. The molecule has 1 aliphatic carbocycles. The fourth-order valence-electron chi connectivity index (χ4n) is 3.89. The van der Waals surface area contributed by atoms with Crippen LogP contribution in [0.3, 0.4) is 0 Å². The SMILES string of the molecule is CCCc1ccc(-c2ccc(C3CCC(C=CCl)CC3)cc2)cc1F. The normalized spacial score (nSPS) is 20.9. The molecule has 0 bridgehead atoms. The number of hydrogen-bond donors (Lipinski definition) is 0. The van der Waals surface area contributed by atoms with E-state index in [4.69, 9.17) is 11.6 Å². The van der Waals surface area contributed by atoms with Crippen molar-refractivity contribution >= 4 is 11.6 Å². The Labute approximate surface area is 155 Å². The molecule has 0 aromatic heterocycles. The molecule has 1 fully saturated rings. The first kappa shape index (κ1) is 18.2. The van der Waals surface area contributed by atoms with Crippen LogP contribution in [0.15, 0.2) is 54.1 Å². The standard InChI is InChI=1S/C23H26ClF/c1-2-3-21-12-13-22(16-23(21)25)20-10-8-19(9-11-20)18-6-4-17(5-7-18)14-15-24/h8-18H,2-7H2,1H3. The van der Waals surface area contributed by atoms with E-state index in [1.54, 1.807) is 11.6 Å². The lowest BCUT2D eigenvalue weighted by Gasteiger charge is -2.27. The molecule has 0 spiro atoms. The minimum atomic E-state index is -0.0888. The molecule has 132 valence electrons. The fraction of sp³-hybridized carbons (Fsp3) is 0.391. The minimum Gasteiger partial charge on any atom is -0.207 e. The molecule has 2 aromatic carbocycles. The third-order valence-corrected chi connectivity index (χ3v) is 5.55. The quantitative estimate of drug-likeness (QED) is 0.521. The Bertz CT molecular complexity index is 709. The lowest BCUT2D eigenvalue weighted by Crippen LogP contribution is -2.11. The number of benzene rings is 2. The van der Waals surface area contributed by atoms with E-state index in [-0.39, 0.29) is 5.82 Å². The van der Waals surface area contributed by atoms with Crippen molar-refractivity contribution in [2.75, 3.05) is 0 Å². The molecule has 3 rings (SSSR count). The van der Waals surface area contributed by atoms with Gasteiger partial charge >= 0.3 is 0 Å². The van der Waals surface area contributed by atoms with E-state index in [9.17, 15) is 4.39 Å². The van der Waals surface area contributed by atoms with Gasteiger partial charge in [0.2, 0.25) is 0 Å². The van der Waals surface area contributed by atoms with Gasteiger partial charge in [-0.1, -0.05) is 67.4 Å². The van der Waals surface area contributed by atoms with Gasteiger partial charge in [0, 0.05) is 5.54 Å². The molecular weight excluding hydrogens is 331 g/mol. The number of rotatable bonds is 5. The number of aryl methyl sites for hydroxylation is 1. The first-order valence-electron chi connectivity index (χ1n) is 9.37. The van der Waals surface area contributed by atoms with Crippen molar-refractivity contribution < 1.29 is 4.39 Å². The Morgan fingerprint density at radius 2 is 1.68 bits per heavy atom. The minimum absolute atomic E-state index is 0.0888. The highest BCUT2D eigenvalue weighted by Crippen LogP contribution is 2.37. The highest BCUT2D eigenvalue weighted by Gasteiger charge is 2.20. The Morgan fingerprint density at radius 3 is 2.28 bits per heavy atom. The van der Waals surface area contributed by atoms with Crippen molar-refractivity contribution in [1.29, 1.82) is 0 Å². The van der Waals surface area contributed by atoms with Crippen LogP contribution in [0.25, 0.3) is 11.1 Å². The van der Waals surface area contributed by atoms with Crippen LogP contribution in [0.5, 0.6) is 0 Å². The monoisotopic (exact) mass is 356 g/mol. The molecule has 0 aliphatic heterocycles. The van der Waals surface area contributed by atoms with E-state index in [0.717, 1.165) is 29.5 Å². The maximum absolute atomic E-state index is 14.2. The van der Waals surface area contributed by atoms with Crippen molar-refractivity contribution in [3.05, 3.63) is 71.0 Å². The summed E-state index contributed by atoms with van der Waals surface area (Å²) < 4.78 is 14.2. The number of hydrogen-bond acceptors (Lipinski definition) is 0. The third kappa shape index (κ3) is 4.52. The summed E-state index contributed by atoms with van der Waals surface area (Å²) in [6.07, 6.45) is 8.73.